The highest BCUT2D eigenvalue weighted by atomic mass is 79.9. The SMILES string of the molecule is CC(C)(CC(N)=O)NC(=O)c1cccc(Br)n1. The number of rotatable bonds is 4. The van der Waals surface area contributed by atoms with Crippen LogP contribution in [0.2, 0.25) is 0 Å². The van der Waals surface area contributed by atoms with Crippen molar-refractivity contribution in [2.45, 2.75) is 25.8 Å². The quantitative estimate of drug-likeness (QED) is 0.820. The molecule has 1 rings (SSSR count). The predicted octanol–water partition coefficient (Wildman–Crippen LogP) is 1.23. The lowest BCUT2D eigenvalue weighted by atomic mass is 10.00. The molecule has 0 unspecified atom stereocenters. The Kier molecular flexibility index (Phi) is 4.22. The number of carbonyl (C=O) groups is 2. The molecule has 0 saturated heterocycles. The minimum absolute atomic E-state index is 0.0761. The molecule has 0 aliphatic carbocycles. The van der Waals surface area contributed by atoms with Crippen molar-refractivity contribution in [2.24, 2.45) is 5.73 Å². The molecule has 0 aliphatic rings. The Bertz CT molecular complexity index is 446. The number of nitrogens with two attached hydrogens (primary N) is 1. The van der Waals surface area contributed by atoms with Crippen LogP contribution in [-0.4, -0.2) is 22.3 Å². The third-order valence-corrected chi connectivity index (χ3v) is 2.46. The number of nitrogens with one attached hydrogen (secondary N) is 1. The second-order valence-electron chi connectivity index (χ2n) is 4.33. The van der Waals surface area contributed by atoms with E-state index in [4.69, 9.17) is 5.73 Å². The molecule has 6 heteroatoms. The van der Waals surface area contributed by atoms with E-state index < -0.39 is 11.4 Å². The molecule has 1 aromatic rings. The highest BCUT2D eigenvalue weighted by Gasteiger charge is 2.23. The molecule has 0 saturated carbocycles. The molecule has 0 atom stereocenters. The second kappa shape index (κ2) is 5.27. The summed E-state index contributed by atoms with van der Waals surface area (Å²) in [6.45, 7) is 3.46. The fourth-order valence-corrected chi connectivity index (χ4v) is 1.73. The minimum Gasteiger partial charge on any atom is -0.370 e. The maximum atomic E-state index is 11.8. The lowest BCUT2D eigenvalue weighted by Crippen LogP contribution is -2.46. The summed E-state index contributed by atoms with van der Waals surface area (Å²) in [6, 6.07) is 5.04. The van der Waals surface area contributed by atoms with Gasteiger partial charge in [-0.05, 0) is 41.9 Å². The zero-order valence-electron chi connectivity index (χ0n) is 9.66. The maximum Gasteiger partial charge on any atom is 0.270 e. The summed E-state index contributed by atoms with van der Waals surface area (Å²) in [6.07, 6.45) is 0.0761. The molecular formula is C11H14BrN3O2. The summed E-state index contributed by atoms with van der Waals surface area (Å²) >= 11 is 3.19. The van der Waals surface area contributed by atoms with Gasteiger partial charge in [0.1, 0.15) is 10.3 Å². The summed E-state index contributed by atoms with van der Waals surface area (Å²) in [5.74, 6) is -0.796. The Hall–Kier alpha value is -1.43. The average molecular weight is 300 g/mol. The van der Waals surface area contributed by atoms with E-state index in [1.54, 1.807) is 32.0 Å². The first-order valence-electron chi connectivity index (χ1n) is 5.03. The minimum atomic E-state index is -0.688. The van der Waals surface area contributed by atoms with Crippen molar-refractivity contribution in [2.75, 3.05) is 0 Å². The fourth-order valence-electron chi connectivity index (χ4n) is 1.39. The Labute approximate surface area is 108 Å². The molecule has 5 nitrogen and oxygen atoms in total. The van der Waals surface area contributed by atoms with Gasteiger partial charge in [0.05, 0.1) is 0 Å². The van der Waals surface area contributed by atoms with Crippen molar-refractivity contribution < 1.29 is 9.59 Å². The van der Waals surface area contributed by atoms with Gasteiger partial charge in [0.25, 0.3) is 5.91 Å². The van der Waals surface area contributed by atoms with E-state index in [9.17, 15) is 9.59 Å². The van der Waals surface area contributed by atoms with Crippen LogP contribution in [-0.2, 0) is 4.79 Å². The van der Waals surface area contributed by atoms with Gasteiger partial charge in [-0.25, -0.2) is 4.98 Å². The van der Waals surface area contributed by atoms with E-state index >= 15 is 0 Å². The molecule has 0 aromatic carbocycles. The maximum absolute atomic E-state index is 11.8. The van der Waals surface area contributed by atoms with Crippen LogP contribution in [0.15, 0.2) is 22.8 Å². The summed E-state index contributed by atoms with van der Waals surface area (Å²) in [4.78, 5) is 26.7. The number of amides is 2. The van der Waals surface area contributed by atoms with Gasteiger partial charge >= 0.3 is 0 Å². The fraction of sp³-hybridized carbons (Fsp3) is 0.364. The Morgan fingerprint density at radius 3 is 2.65 bits per heavy atom. The number of aromatic nitrogens is 1. The van der Waals surface area contributed by atoms with Gasteiger partial charge in [0.15, 0.2) is 0 Å². The summed E-state index contributed by atoms with van der Waals surface area (Å²) in [7, 11) is 0. The van der Waals surface area contributed by atoms with Gasteiger partial charge in [-0.15, -0.1) is 0 Å². The smallest absolute Gasteiger partial charge is 0.270 e. The molecule has 17 heavy (non-hydrogen) atoms. The molecule has 0 spiro atoms. The predicted molar refractivity (Wildman–Crippen MR) is 67.3 cm³/mol. The van der Waals surface area contributed by atoms with Gasteiger partial charge in [0, 0.05) is 12.0 Å². The van der Waals surface area contributed by atoms with Gasteiger partial charge in [0.2, 0.25) is 5.91 Å². The van der Waals surface area contributed by atoms with Crippen LogP contribution in [0.1, 0.15) is 30.8 Å². The number of primary amides is 1. The average Bonchev–Trinajstić information content (AvgIpc) is 2.14. The van der Waals surface area contributed by atoms with Crippen molar-refractivity contribution in [3.05, 3.63) is 28.5 Å². The molecule has 1 heterocycles. The monoisotopic (exact) mass is 299 g/mol. The van der Waals surface area contributed by atoms with Gasteiger partial charge in [-0.3, -0.25) is 9.59 Å². The van der Waals surface area contributed by atoms with Gasteiger partial charge in [-0.2, -0.15) is 0 Å². The van der Waals surface area contributed by atoms with Crippen molar-refractivity contribution >= 4 is 27.7 Å². The van der Waals surface area contributed by atoms with E-state index in [-0.39, 0.29) is 18.0 Å². The van der Waals surface area contributed by atoms with Crippen LogP contribution in [0.4, 0.5) is 0 Å². The molecule has 0 fully saturated rings. The van der Waals surface area contributed by atoms with Crippen LogP contribution in [0.25, 0.3) is 0 Å². The normalized spacial score (nSPS) is 11.0. The van der Waals surface area contributed by atoms with E-state index in [0.717, 1.165) is 0 Å². The third-order valence-electron chi connectivity index (χ3n) is 2.02. The standard InChI is InChI=1S/C11H14BrN3O2/c1-11(2,6-9(13)16)15-10(17)7-4-3-5-8(12)14-7/h3-5H,6H2,1-2H3,(H2,13,16)(H,15,17). The lowest BCUT2D eigenvalue weighted by Gasteiger charge is -2.24. The van der Waals surface area contributed by atoms with Crippen molar-refractivity contribution in [3.63, 3.8) is 0 Å². The van der Waals surface area contributed by atoms with E-state index in [0.29, 0.717) is 4.60 Å². The first kappa shape index (κ1) is 13.6. The summed E-state index contributed by atoms with van der Waals surface area (Å²) < 4.78 is 0.581. The highest BCUT2D eigenvalue weighted by molar-refractivity contribution is 9.10. The van der Waals surface area contributed by atoms with Crippen molar-refractivity contribution in [3.8, 4) is 0 Å². The van der Waals surface area contributed by atoms with Gasteiger partial charge < -0.3 is 11.1 Å². The Morgan fingerprint density at radius 2 is 2.12 bits per heavy atom. The number of hydrogen-bond donors (Lipinski definition) is 2. The number of halogens is 1. The molecule has 0 radical (unpaired) electrons. The number of nitrogens with zero attached hydrogens (tertiary/aromatic N) is 1. The molecule has 92 valence electrons. The van der Waals surface area contributed by atoms with Gasteiger partial charge in [-0.1, -0.05) is 6.07 Å². The van der Waals surface area contributed by atoms with Crippen LogP contribution in [0.5, 0.6) is 0 Å². The van der Waals surface area contributed by atoms with Crippen LogP contribution < -0.4 is 11.1 Å². The number of carbonyl (C=O) groups excluding carboxylic acids is 2. The molecule has 2 amide bonds. The molecule has 1 aromatic heterocycles. The van der Waals surface area contributed by atoms with Crippen molar-refractivity contribution in [1.82, 2.24) is 10.3 Å². The molecule has 0 aliphatic heterocycles. The van der Waals surface area contributed by atoms with E-state index in [1.165, 1.54) is 0 Å². The highest BCUT2D eigenvalue weighted by Crippen LogP contribution is 2.10. The Balaban J connectivity index is 2.75. The molecule has 3 N–H and O–H groups in total. The Morgan fingerprint density at radius 1 is 1.47 bits per heavy atom. The van der Waals surface area contributed by atoms with E-state index in [1.807, 2.05) is 0 Å². The summed E-state index contributed by atoms with van der Waals surface area (Å²) in [5.41, 5.74) is 4.70. The van der Waals surface area contributed by atoms with Crippen LogP contribution in [0.3, 0.4) is 0 Å². The van der Waals surface area contributed by atoms with Crippen LogP contribution in [0, 0.1) is 0 Å². The third kappa shape index (κ3) is 4.52. The molecule has 0 bridgehead atoms. The summed E-state index contributed by atoms with van der Waals surface area (Å²) in [5, 5.41) is 2.71. The number of pyridine rings is 1. The first-order valence-corrected chi connectivity index (χ1v) is 5.83. The second-order valence-corrected chi connectivity index (χ2v) is 5.14. The lowest BCUT2D eigenvalue weighted by molar-refractivity contribution is -0.119. The van der Waals surface area contributed by atoms with E-state index in [2.05, 4.69) is 26.2 Å². The zero-order chi connectivity index (χ0) is 13.1. The topological polar surface area (TPSA) is 85.1 Å². The van der Waals surface area contributed by atoms with Crippen molar-refractivity contribution in [1.29, 1.82) is 0 Å². The van der Waals surface area contributed by atoms with Crippen LogP contribution >= 0.6 is 15.9 Å². The largest absolute Gasteiger partial charge is 0.370 e. The number of hydrogen-bond acceptors (Lipinski definition) is 3. The first-order chi connectivity index (χ1) is 7.80. The zero-order valence-corrected chi connectivity index (χ0v) is 11.2. The molecular weight excluding hydrogens is 286 g/mol.